The van der Waals surface area contributed by atoms with Crippen molar-refractivity contribution in [2.45, 2.75) is 6.61 Å². The molecule has 104 valence electrons. The fourth-order valence-corrected chi connectivity index (χ4v) is 1.83. The standard InChI is InChI=1S/C13H10BClF2O3/c15-12-3-1-2-8(13(12)17)7-20-11-5-9(14(18)19)4-10(16)6-11/h1-6,18-19H,7H2. The molecule has 0 aliphatic heterocycles. The van der Waals surface area contributed by atoms with E-state index in [1.54, 1.807) is 6.07 Å². The minimum absolute atomic E-state index is 0.0307. The summed E-state index contributed by atoms with van der Waals surface area (Å²) < 4.78 is 32.1. The van der Waals surface area contributed by atoms with Gasteiger partial charge in [-0.2, -0.15) is 0 Å². The van der Waals surface area contributed by atoms with Gasteiger partial charge in [0.15, 0.2) is 0 Å². The van der Waals surface area contributed by atoms with Crippen molar-refractivity contribution in [2.75, 3.05) is 0 Å². The molecule has 0 saturated carbocycles. The van der Waals surface area contributed by atoms with Crippen molar-refractivity contribution in [3.05, 3.63) is 58.6 Å². The van der Waals surface area contributed by atoms with Gasteiger partial charge >= 0.3 is 7.12 Å². The van der Waals surface area contributed by atoms with E-state index < -0.39 is 18.8 Å². The molecule has 2 aromatic carbocycles. The smallest absolute Gasteiger partial charge is 0.488 e. The molecule has 0 atom stereocenters. The number of ether oxygens (including phenoxy) is 1. The number of hydrogen-bond acceptors (Lipinski definition) is 3. The molecule has 0 heterocycles. The number of rotatable bonds is 4. The quantitative estimate of drug-likeness (QED) is 0.847. The predicted molar refractivity (Wildman–Crippen MR) is 72.0 cm³/mol. The van der Waals surface area contributed by atoms with Crippen molar-refractivity contribution in [3.63, 3.8) is 0 Å². The molecule has 0 amide bonds. The Bertz CT molecular complexity index is 623. The molecule has 2 rings (SSSR count). The molecule has 0 aliphatic rings. The average molecular weight is 298 g/mol. The normalized spacial score (nSPS) is 10.4. The highest BCUT2D eigenvalue weighted by atomic mass is 35.5. The molecule has 20 heavy (non-hydrogen) atoms. The van der Waals surface area contributed by atoms with E-state index in [-0.39, 0.29) is 28.4 Å². The first-order valence-electron chi connectivity index (χ1n) is 5.69. The minimum atomic E-state index is -1.81. The van der Waals surface area contributed by atoms with Crippen LogP contribution in [0.15, 0.2) is 36.4 Å². The first-order valence-corrected chi connectivity index (χ1v) is 6.07. The molecule has 0 radical (unpaired) electrons. The zero-order chi connectivity index (χ0) is 14.7. The van der Waals surface area contributed by atoms with Crippen LogP contribution in [0.5, 0.6) is 5.75 Å². The maximum absolute atomic E-state index is 13.6. The lowest BCUT2D eigenvalue weighted by molar-refractivity contribution is 0.298. The number of benzene rings is 2. The van der Waals surface area contributed by atoms with Gasteiger partial charge < -0.3 is 14.8 Å². The van der Waals surface area contributed by atoms with Crippen LogP contribution >= 0.6 is 11.6 Å². The van der Waals surface area contributed by atoms with Crippen LogP contribution in [0.4, 0.5) is 8.78 Å². The van der Waals surface area contributed by atoms with E-state index in [4.69, 9.17) is 26.4 Å². The summed E-state index contributed by atoms with van der Waals surface area (Å²) in [6.45, 7) is -0.156. The highest BCUT2D eigenvalue weighted by Crippen LogP contribution is 2.20. The Kier molecular flexibility index (Phi) is 4.59. The van der Waals surface area contributed by atoms with E-state index in [9.17, 15) is 8.78 Å². The summed E-state index contributed by atoms with van der Waals surface area (Å²) in [5, 5.41) is 18.0. The van der Waals surface area contributed by atoms with Gasteiger partial charge in [0.05, 0.1) is 5.02 Å². The van der Waals surface area contributed by atoms with E-state index in [0.717, 1.165) is 12.1 Å². The molecule has 2 aromatic rings. The zero-order valence-corrected chi connectivity index (χ0v) is 10.9. The lowest BCUT2D eigenvalue weighted by Crippen LogP contribution is -2.30. The van der Waals surface area contributed by atoms with Gasteiger partial charge in [0, 0.05) is 11.6 Å². The van der Waals surface area contributed by atoms with Crippen LogP contribution in [-0.4, -0.2) is 17.2 Å². The molecule has 0 aliphatic carbocycles. The Morgan fingerprint density at radius 3 is 2.60 bits per heavy atom. The summed E-state index contributed by atoms with van der Waals surface area (Å²) in [5.74, 6) is -1.22. The number of hydrogen-bond donors (Lipinski definition) is 2. The largest absolute Gasteiger partial charge is 0.489 e. The average Bonchev–Trinajstić information content (AvgIpc) is 2.40. The van der Waals surface area contributed by atoms with Gasteiger partial charge in [-0.15, -0.1) is 0 Å². The van der Waals surface area contributed by atoms with Gasteiger partial charge in [-0.25, -0.2) is 8.78 Å². The summed E-state index contributed by atoms with van der Waals surface area (Å²) in [7, 11) is -1.81. The summed E-state index contributed by atoms with van der Waals surface area (Å²) in [6.07, 6.45) is 0. The predicted octanol–water partition coefficient (Wildman–Crippen LogP) is 1.88. The first-order chi connectivity index (χ1) is 9.47. The van der Waals surface area contributed by atoms with Crippen molar-refractivity contribution in [1.29, 1.82) is 0 Å². The minimum Gasteiger partial charge on any atom is -0.489 e. The van der Waals surface area contributed by atoms with Crippen molar-refractivity contribution < 1.29 is 23.6 Å². The fourth-order valence-electron chi connectivity index (χ4n) is 1.64. The third-order valence-corrected chi connectivity index (χ3v) is 2.91. The Morgan fingerprint density at radius 2 is 1.90 bits per heavy atom. The summed E-state index contributed by atoms with van der Waals surface area (Å²) in [5.41, 5.74) is 0.166. The summed E-state index contributed by atoms with van der Waals surface area (Å²) >= 11 is 5.63. The molecule has 0 spiro atoms. The van der Waals surface area contributed by atoms with E-state index >= 15 is 0 Å². The summed E-state index contributed by atoms with van der Waals surface area (Å²) in [4.78, 5) is 0. The zero-order valence-electron chi connectivity index (χ0n) is 10.2. The van der Waals surface area contributed by atoms with Crippen LogP contribution < -0.4 is 10.2 Å². The summed E-state index contributed by atoms with van der Waals surface area (Å²) in [6, 6.07) is 7.76. The van der Waals surface area contributed by atoms with Gasteiger partial charge in [0.2, 0.25) is 0 Å². The molecule has 7 heteroatoms. The van der Waals surface area contributed by atoms with Gasteiger partial charge in [-0.05, 0) is 23.7 Å². The van der Waals surface area contributed by atoms with Gasteiger partial charge in [-0.3, -0.25) is 0 Å². The van der Waals surface area contributed by atoms with E-state index in [1.807, 2.05) is 0 Å². The third kappa shape index (κ3) is 3.48. The highest BCUT2D eigenvalue weighted by Gasteiger charge is 2.14. The van der Waals surface area contributed by atoms with Crippen LogP contribution in [0.25, 0.3) is 0 Å². The van der Waals surface area contributed by atoms with Crippen LogP contribution in [0, 0.1) is 11.6 Å². The van der Waals surface area contributed by atoms with Crippen LogP contribution in [0.2, 0.25) is 5.02 Å². The molecule has 0 saturated heterocycles. The Hall–Kier alpha value is -1.63. The van der Waals surface area contributed by atoms with Crippen molar-refractivity contribution >= 4 is 24.2 Å². The van der Waals surface area contributed by atoms with Gasteiger partial charge in [0.1, 0.15) is 24.0 Å². The topological polar surface area (TPSA) is 49.7 Å². The Morgan fingerprint density at radius 1 is 1.15 bits per heavy atom. The highest BCUT2D eigenvalue weighted by molar-refractivity contribution is 6.58. The molecule has 2 N–H and O–H groups in total. The third-order valence-electron chi connectivity index (χ3n) is 2.62. The van der Waals surface area contributed by atoms with Crippen LogP contribution in [-0.2, 0) is 6.61 Å². The lowest BCUT2D eigenvalue weighted by Gasteiger charge is -2.09. The first kappa shape index (κ1) is 14.8. The Balaban J connectivity index is 2.16. The fraction of sp³-hybridized carbons (Fsp3) is 0.0769. The van der Waals surface area contributed by atoms with Crippen molar-refractivity contribution in [1.82, 2.24) is 0 Å². The molecule has 0 bridgehead atoms. The monoisotopic (exact) mass is 298 g/mol. The molecule has 0 aromatic heterocycles. The molecule has 3 nitrogen and oxygen atoms in total. The maximum Gasteiger partial charge on any atom is 0.488 e. The van der Waals surface area contributed by atoms with Crippen molar-refractivity contribution in [3.8, 4) is 5.75 Å². The second-order valence-corrected chi connectivity index (χ2v) is 4.50. The Labute approximate surface area is 119 Å². The van der Waals surface area contributed by atoms with E-state index in [0.29, 0.717) is 0 Å². The van der Waals surface area contributed by atoms with Gasteiger partial charge in [0.25, 0.3) is 0 Å². The molecular weight excluding hydrogens is 288 g/mol. The molecule has 0 fully saturated rings. The lowest BCUT2D eigenvalue weighted by atomic mass is 9.80. The van der Waals surface area contributed by atoms with Crippen LogP contribution in [0.1, 0.15) is 5.56 Å². The van der Waals surface area contributed by atoms with E-state index in [1.165, 1.54) is 18.2 Å². The molecular formula is C13H10BClF2O3. The van der Waals surface area contributed by atoms with Crippen LogP contribution in [0.3, 0.4) is 0 Å². The van der Waals surface area contributed by atoms with Crippen molar-refractivity contribution in [2.24, 2.45) is 0 Å². The molecule has 0 unspecified atom stereocenters. The SMILES string of the molecule is OB(O)c1cc(F)cc(OCc2cccc(Cl)c2F)c1. The number of halogens is 3. The second kappa shape index (κ2) is 6.22. The van der Waals surface area contributed by atoms with E-state index in [2.05, 4.69) is 0 Å². The van der Waals surface area contributed by atoms with Gasteiger partial charge in [-0.1, -0.05) is 23.7 Å². The second-order valence-electron chi connectivity index (χ2n) is 4.10. The maximum atomic E-state index is 13.6.